The topological polar surface area (TPSA) is 42.2 Å². The number of aryl methyl sites for hydroxylation is 1. The zero-order valence-corrected chi connectivity index (χ0v) is 8.61. The van der Waals surface area contributed by atoms with Gasteiger partial charge in [0, 0.05) is 19.3 Å². The predicted molar refractivity (Wildman–Crippen MR) is 58.3 cm³/mol. The van der Waals surface area contributed by atoms with E-state index in [1.165, 1.54) is 12.0 Å². The van der Waals surface area contributed by atoms with Gasteiger partial charge < -0.3 is 10.6 Å². The summed E-state index contributed by atoms with van der Waals surface area (Å²) in [7, 11) is 0. The smallest absolute Gasteiger partial charge is 0.128 e. The molecule has 2 heterocycles. The largest absolute Gasteiger partial charge is 0.356 e. The summed E-state index contributed by atoms with van der Waals surface area (Å²) in [5.41, 5.74) is 6.93. The van der Waals surface area contributed by atoms with Gasteiger partial charge in [-0.3, -0.25) is 0 Å². The maximum Gasteiger partial charge on any atom is 0.128 e. The third-order valence-corrected chi connectivity index (χ3v) is 2.84. The van der Waals surface area contributed by atoms with Gasteiger partial charge in [-0.05, 0) is 43.5 Å². The van der Waals surface area contributed by atoms with Crippen molar-refractivity contribution in [2.45, 2.75) is 13.3 Å². The summed E-state index contributed by atoms with van der Waals surface area (Å²) in [6, 6.07) is 4.17. The molecule has 3 nitrogen and oxygen atoms in total. The Morgan fingerprint density at radius 2 is 2.50 bits per heavy atom. The van der Waals surface area contributed by atoms with E-state index in [0.29, 0.717) is 5.92 Å². The van der Waals surface area contributed by atoms with Gasteiger partial charge >= 0.3 is 0 Å². The van der Waals surface area contributed by atoms with Gasteiger partial charge in [0.2, 0.25) is 0 Å². The van der Waals surface area contributed by atoms with Crippen LogP contribution in [0.3, 0.4) is 0 Å². The molecular weight excluding hydrogens is 174 g/mol. The van der Waals surface area contributed by atoms with E-state index >= 15 is 0 Å². The summed E-state index contributed by atoms with van der Waals surface area (Å²) in [6.07, 6.45) is 3.08. The number of pyridine rings is 1. The van der Waals surface area contributed by atoms with Crippen molar-refractivity contribution >= 4 is 5.82 Å². The Bertz CT molecular complexity index is 311. The zero-order chi connectivity index (χ0) is 9.97. The van der Waals surface area contributed by atoms with Crippen LogP contribution in [0.2, 0.25) is 0 Å². The minimum Gasteiger partial charge on any atom is -0.356 e. The number of hydrogen-bond acceptors (Lipinski definition) is 3. The molecule has 0 aromatic carbocycles. The number of nitrogens with two attached hydrogens (primary N) is 1. The molecule has 0 aliphatic carbocycles. The standard InChI is InChI=1S/C11H17N3/c1-9-2-4-13-11(6-9)14-5-3-10(7-12)8-14/h2,4,6,10H,3,5,7-8,12H2,1H3/t10-/m0/s1. The van der Waals surface area contributed by atoms with Crippen LogP contribution in [0.15, 0.2) is 18.3 Å². The van der Waals surface area contributed by atoms with E-state index in [9.17, 15) is 0 Å². The second-order valence-corrected chi connectivity index (χ2v) is 4.03. The van der Waals surface area contributed by atoms with Crippen LogP contribution in [-0.2, 0) is 0 Å². The summed E-state index contributed by atoms with van der Waals surface area (Å²) < 4.78 is 0. The van der Waals surface area contributed by atoms with Crippen molar-refractivity contribution in [1.82, 2.24) is 4.98 Å². The molecule has 0 radical (unpaired) electrons. The van der Waals surface area contributed by atoms with Gasteiger partial charge in [0.1, 0.15) is 5.82 Å². The molecule has 1 aromatic heterocycles. The van der Waals surface area contributed by atoms with Gasteiger partial charge in [0.05, 0.1) is 0 Å². The normalized spacial score (nSPS) is 21.6. The Kier molecular flexibility index (Phi) is 2.68. The number of aromatic nitrogens is 1. The van der Waals surface area contributed by atoms with Crippen LogP contribution in [0, 0.1) is 12.8 Å². The lowest BCUT2D eigenvalue weighted by Crippen LogP contribution is -2.23. The summed E-state index contributed by atoms with van der Waals surface area (Å²) >= 11 is 0. The highest BCUT2D eigenvalue weighted by atomic mass is 15.2. The fourth-order valence-corrected chi connectivity index (χ4v) is 1.93. The van der Waals surface area contributed by atoms with Gasteiger partial charge in [-0.15, -0.1) is 0 Å². The first-order valence-electron chi connectivity index (χ1n) is 5.17. The average molecular weight is 191 g/mol. The van der Waals surface area contributed by atoms with E-state index in [0.717, 1.165) is 25.5 Å². The van der Waals surface area contributed by atoms with Gasteiger partial charge in [-0.1, -0.05) is 0 Å². The average Bonchev–Trinajstić information content (AvgIpc) is 2.66. The lowest BCUT2D eigenvalue weighted by atomic mass is 10.1. The summed E-state index contributed by atoms with van der Waals surface area (Å²) in [4.78, 5) is 6.70. The molecule has 0 amide bonds. The second kappa shape index (κ2) is 3.96. The van der Waals surface area contributed by atoms with Crippen molar-refractivity contribution in [3.8, 4) is 0 Å². The number of anilines is 1. The Labute approximate surface area is 84.9 Å². The fourth-order valence-electron chi connectivity index (χ4n) is 1.93. The van der Waals surface area contributed by atoms with Gasteiger partial charge in [-0.2, -0.15) is 0 Å². The minimum absolute atomic E-state index is 0.650. The Balaban J connectivity index is 2.09. The Morgan fingerprint density at radius 1 is 1.64 bits per heavy atom. The first kappa shape index (κ1) is 9.46. The Morgan fingerprint density at radius 3 is 3.14 bits per heavy atom. The van der Waals surface area contributed by atoms with Crippen LogP contribution in [0.4, 0.5) is 5.82 Å². The van der Waals surface area contributed by atoms with E-state index in [2.05, 4.69) is 22.9 Å². The molecule has 2 N–H and O–H groups in total. The number of nitrogens with zero attached hydrogens (tertiary/aromatic N) is 2. The molecule has 76 valence electrons. The maximum absolute atomic E-state index is 5.66. The highest BCUT2D eigenvalue weighted by Gasteiger charge is 2.21. The number of hydrogen-bond donors (Lipinski definition) is 1. The van der Waals surface area contributed by atoms with E-state index in [-0.39, 0.29) is 0 Å². The summed E-state index contributed by atoms with van der Waals surface area (Å²) in [5, 5.41) is 0. The van der Waals surface area contributed by atoms with Crippen molar-refractivity contribution in [3.05, 3.63) is 23.9 Å². The molecule has 1 fully saturated rings. The SMILES string of the molecule is Cc1ccnc(N2CC[C@@H](CN)C2)c1. The molecule has 1 aliphatic rings. The third kappa shape index (κ3) is 1.87. The molecule has 0 bridgehead atoms. The van der Waals surface area contributed by atoms with Crippen LogP contribution in [0.25, 0.3) is 0 Å². The highest BCUT2D eigenvalue weighted by molar-refractivity contribution is 5.41. The molecule has 0 unspecified atom stereocenters. The van der Waals surface area contributed by atoms with E-state index in [1.807, 2.05) is 12.3 Å². The van der Waals surface area contributed by atoms with Crippen LogP contribution in [0.5, 0.6) is 0 Å². The minimum atomic E-state index is 0.650. The van der Waals surface area contributed by atoms with Crippen molar-refractivity contribution in [2.75, 3.05) is 24.5 Å². The van der Waals surface area contributed by atoms with Crippen LogP contribution in [-0.4, -0.2) is 24.6 Å². The van der Waals surface area contributed by atoms with E-state index in [4.69, 9.17) is 5.73 Å². The summed E-state index contributed by atoms with van der Waals surface area (Å²) in [6.45, 7) is 5.05. The maximum atomic E-state index is 5.66. The van der Waals surface area contributed by atoms with Gasteiger partial charge in [-0.25, -0.2) is 4.98 Å². The molecule has 1 saturated heterocycles. The highest BCUT2D eigenvalue weighted by Crippen LogP contribution is 2.21. The molecule has 2 rings (SSSR count). The Hall–Kier alpha value is -1.09. The van der Waals surface area contributed by atoms with Gasteiger partial charge in [0.15, 0.2) is 0 Å². The molecule has 14 heavy (non-hydrogen) atoms. The van der Waals surface area contributed by atoms with Crippen molar-refractivity contribution < 1.29 is 0 Å². The van der Waals surface area contributed by atoms with Crippen LogP contribution >= 0.6 is 0 Å². The molecule has 1 aliphatic heterocycles. The van der Waals surface area contributed by atoms with Crippen LogP contribution < -0.4 is 10.6 Å². The first-order valence-corrected chi connectivity index (χ1v) is 5.17. The van der Waals surface area contributed by atoms with Crippen molar-refractivity contribution in [2.24, 2.45) is 11.7 Å². The second-order valence-electron chi connectivity index (χ2n) is 4.03. The molecule has 0 saturated carbocycles. The molecular formula is C11H17N3. The van der Waals surface area contributed by atoms with E-state index < -0.39 is 0 Å². The molecule has 1 atom stereocenters. The quantitative estimate of drug-likeness (QED) is 0.763. The van der Waals surface area contributed by atoms with Crippen LogP contribution in [0.1, 0.15) is 12.0 Å². The monoisotopic (exact) mass is 191 g/mol. The fraction of sp³-hybridized carbons (Fsp3) is 0.545. The first-order chi connectivity index (χ1) is 6.79. The van der Waals surface area contributed by atoms with Crippen molar-refractivity contribution in [3.63, 3.8) is 0 Å². The molecule has 3 heteroatoms. The predicted octanol–water partition coefficient (Wildman–Crippen LogP) is 1.18. The number of rotatable bonds is 2. The zero-order valence-electron chi connectivity index (χ0n) is 8.61. The lowest BCUT2D eigenvalue weighted by Gasteiger charge is -2.17. The molecule has 0 spiro atoms. The summed E-state index contributed by atoms with van der Waals surface area (Å²) in [5.74, 6) is 1.75. The third-order valence-electron chi connectivity index (χ3n) is 2.84. The van der Waals surface area contributed by atoms with E-state index in [1.54, 1.807) is 0 Å². The lowest BCUT2D eigenvalue weighted by molar-refractivity contribution is 0.602. The van der Waals surface area contributed by atoms with Gasteiger partial charge in [0.25, 0.3) is 0 Å². The van der Waals surface area contributed by atoms with Crippen molar-refractivity contribution in [1.29, 1.82) is 0 Å². The molecule has 1 aromatic rings.